The van der Waals surface area contributed by atoms with Crippen LogP contribution in [0.4, 0.5) is 4.79 Å². The molecule has 146 valence electrons. The molecular formula is C19H24N2O6. The molecule has 0 radical (unpaired) electrons. The van der Waals surface area contributed by atoms with Crippen molar-refractivity contribution in [2.45, 2.75) is 26.3 Å². The molecule has 1 aromatic carbocycles. The highest BCUT2D eigenvalue weighted by Crippen LogP contribution is 2.35. The second-order valence-electron chi connectivity index (χ2n) is 5.88. The number of hydrogen-bond acceptors (Lipinski definition) is 6. The Labute approximate surface area is 158 Å². The summed E-state index contributed by atoms with van der Waals surface area (Å²) in [5, 5.41) is 2.67. The van der Waals surface area contributed by atoms with Gasteiger partial charge in [0, 0.05) is 12.2 Å². The third-order valence-corrected chi connectivity index (χ3v) is 4.26. The maximum Gasteiger partial charge on any atom is 0.338 e. The zero-order chi connectivity index (χ0) is 20.0. The van der Waals surface area contributed by atoms with Gasteiger partial charge in [0.1, 0.15) is 5.75 Å². The minimum absolute atomic E-state index is 0.00568. The first-order valence-electron chi connectivity index (χ1n) is 8.59. The summed E-state index contributed by atoms with van der Waals surface area (Å²) >= 11 is 0. The van der Waals surface area contributed by atoms with Crippen molar-refractivity contribution in [2.75, 3.05) is 27.4 Å². The number of carbonyl (C=O) groups excluding carboxylic acids is 3. The lowest BCUT2D eigenvalue weighted by atomic mass is 9.93. The number of nitrogens with zero attached hydrogens (tertiary/aromatic N) is 1. The van der Waals surface area contributed by atoms with Gasteiger partial charge in [0.25, 0.3) is 0 Å². The number of rotatable bonds is 7. The summed E-state index contributed by atoms with van der Waals surface area (Å²) in [6.45, 7) is 3.66. The van der Waals surface area contributed by atoms with E-state index in [9.17, 15) is 14.4 Å². The van der Waals surface area contributed by atoms with Gasteiger partial charge in [-0.2, -0.15) is 0 Å². The Balaban J connectivity index is 2.48. The third-order valence-electron chi connectivity index (χ3n) is 4.26. The van der Waals surface area contributed by atoms with E-state index < -0.39 is 24.0 Å². The van der Waals surface area contributed by atoms with E-state index in [-0.39, 0.29) is 19.6 Å². The van der Waals surface area contributed by atoms with Crippen molar-refractivity contribution < 1.29 is 28.6 Å². The summed E-state index contributed by atoms with van der Waals surface area (Å²) in [5.41, 5.74) is 1.46. The highest BCUT2D eigenvalue weighted by atomic mass is 16.5. The Kier molecular flexibility index (Phi) is 6.81. The topological polar surface area (TPSA) is 94.2 Å². The van der Waals surface area contributed by atoms with E-state index in [0.717, 1.165) is 0 Å². The summed E-state index contributed by atoms with van der Waals surface area (Å²) in [4.78, 5) is 38.2. The van der Waals surface area contributed by atoms with Crippen LogP contribution in [0.2, 0.25) is 0 Å². The van der Waals surface area contributed by atoms with Crippen LogP contribution in [0.15, 0.2) is 35.5 Å². The molecule has 1 aliphatic heterocycles. The Morgan fingerprint density at radius 1 is 1.19 bits per heavy atom. The number of allylic oxidation sites excluding steroid dienone is 1. The van der Waals surface area contributed by atoms with Crippen molar-refractivity contribution in [3.8, 4) is 5.75 Å². The lowest BCUT2D eigenvalue weighted by Gasteiger charge is -2.37. The molecule has 0 aliphatic carbocycles. The largest absolute Gasteiger partial charge is 0.497 e. The fourth-order valence-corrected chi connectivity index (χ4v) is 2.93. The molecule has 8 heteroatoms. The van der Waals surface area contributed by atoms with Gasteiger partial charge in [-0.25, -0.2) is 9.59 Å². The number of amides is 2. The Morgan fingerprint density at radius 3 is 2.41 bits per heavy atom. The molecule has 0 bridgehead atoms. The molecule has 8 nitrogen and oxygen atoms in total. The number of carbonyl (C=O) groups is 3. The number of hydrogen-bond donors (Lipinski definition) is 1. The van der Waals surface area contributed by atoms with Gasteiger partial charge in [-0.3, -0.25) is 4.79 Å². The summed E-state index contributed by atoms with van der Waals surface area (Å²) in [7, 11) is 2.84. The van der Waals surface area contributed by atoms with Gasteiger partial charge in [0.15, 0.2) is 0 Å². The van der Waals surface area contributed by atoms with E-state index in [1.54, 1.807) is 45.2 Å². The molecule has 0 fully saturated rings. The van der Waals surface area contributed by atoms with Crippen molar-refractivity contribution in [1.82, 2.24) is 10.2 Å². The van der Waals surface area contributed by atoms with Gasteiger partial charge in [0.2, 0.25) is 0 Å². The molecule has 2 rings (SSSR count). The smallest absolute Gasteiger partial charge is 0.338 e. The van der Waals surface area contributed by atoms with E-state index in [2.05, 4.69) is 10.1 Å². The predicted octanol–water partition coefficient (Wildman–Crippen LogP) is 2.16. The zero-order valence-corrected chi connectivity index (χ0v) is 15.9. The number of benzene rings is 1. The van der Waals surface area contributed by atoms with Gasteiger partial charge < -0.3 is 24.4 Å². The molecular weight excluding hydrogens is 352 g/mol. The van der Waals surface area contributed by atoms with E-state index in [0.29, 0.717) is 22.6 Å². The van der Waals surface area contributed by atoms with Crippen LogP contribution in [0.5, 0.6) is 5.75 Å². The van der Waals surface area contributed by atoms with Crippen LogP contribution in [0.25, 0.3) is 0 Å². The SMILES string of the molecule is CCOC(=O)C1=C(C)NC(=O)N(CCC(=O)OC)C1c1ccc(OC)cc1. The van der Waals surface area contributed by atoms with Crippen LogP contribution in [0.1, 0.15) is 31.9 Å². The molecule has 27 heavy (non-hydrogen) atoms. The Morgan fingerprint density at radius 2 is 1.85 bits per heavy atom. The highest BCUT2D eigenvalue weighted by molar-refractivity contribution is 5.95. The number of methoxy groups -OCH3 is 2. The van der Waals surface area contributed by atoms with Crippen LogP contribution < -0.4 is 10.1 Å². The maximum atomic E-state index is 12.6. The van der Waals surface area contributed by atoms with Gasteiger partial charge in [0.05, 0.1) is 38.9 Å². The van der Waals surface area contributed by atoms with Crippen LogP contribution in [0.3, 0.4) is 0 Å². The molecule has 1 heterocycles. The lowest BCUT2D eigenvalue weighted by Crippen LogP contribution is -2.49. The molecule has 0 saturated carbocycles. The second-order valence-corrected chi connectivity index (χ2v) is 5.88. The number of urea groups is 1. The molecule has 0 spiro atoms. The normalized spacial score (nSPS) is 16.7. The summed E-state index contributed by atoms with van der Waals surface area (Å²) < 4.78 is 15.0. The van der Waals surface area contributed by atoms with Crippen molar-refractivity contribution in [2.24, 2.45) is 0 Å². The second kappa shape index (κ2) is 9.07. The first kappa shape index (κ1) is 20.3. The van der Waals surface area contributed by atoms with Gasteiger partial charge >= 0.3 is 18.0 Å². The average Bonchev–Trinajstić information content (AvgIpc) is 2.66. The summed E-state index contributed by atoms with van der Waals surface area (Å²) in [6, 6.07) is 5.97. The first-order valence-corrected chi connectivity index (χ1v) is 8.59. The van der Waals surface area contributed by atoms with Crippen molar-refractivity contribution >= 4 is 18.0 Å². The first-order chi connectivity index (χ1) is 12.9. The van der Waals surface area contributed by atoms with Crippen LogP contribution >= 0.6 is 0 Å². The van der Waals surface area contributed by atoms with Crippen LogP contribution in [-0.4, -0.2) is 50.2 Å². The molecule has 0 saturated heterocycles. The van der Waals surface area contributed by atoms with E-state index >= 15 is 0 Å². The van der Waals surface area contributed by atoms with Crippen LogP contribution in [-0.2, 0) is 19.1 Å². The van der Waals surface area contributed by atoms with E-state index in [1.165, 1.54) is 12.0 Å². The predicted molar refractivity (Wildman–Crippen MR) is 96.9 cm³/mol. The minimum Gasteiger partial charge on any atom is -0.497 e. The molecule has 0 aromatic heterocycles. The van der Waals surface area contributed by atoms with Gasteiger partial charge in [-0.1, -0.05) is 12.1 Å². The average molecular weight is 376 g/mol. The van der Waals surface area contributed by atoms with Crippen molar-refractivity contribution in [3.05, 3.63) is 41.1 Å². The Hall–Kier alpha value is -3.03. The molecule has 1 atom stereocenters. The van der Waals surface area contributed by atoms with Gasteiger partial charge in [-0.15, -0.1) is 0 Å². The third kappa shape index (κ3) is 4.58. The Bertz CT molecular complexity index is 741. The molecule has 2 amide bonds. The molecule has 1 aromatic rings. The van der Waals surface area contributed by atoms with E-state index in [1.807, 2.05) is 0 Å². The zero-order valence-electron chi connectivity index (χ0n) is 15.9. The number of esters is 2. The quantitative estimate of drug-likeness (QED) is 0.733. The van der Waals surface area contributed by atoms with Crippen molar-refractivity contribution in [3.63, 3.8) is 0 Å². The number of ether oxygens (including phenoxy) is 3. The van der Waals surface area contributed by atoms with Crippen LogP contribution in [0, 0.1) is 0 Å². The van der Waals surface area contributed by atoms with Gasteiger partial charge in [-0.05, 0) is 31.5 Å². The highest BCUT2D eigenvalue weighted by Gasteiger charge is 2.38. The summed E-state index contributed by atoms with van der Waals surface area (Å²) in [5.74, 6) is -0.308. The molecule has 1 unspecified atom stereocenters. The number of nitrogens with one attached hydrogen (secondary N) is 1. The monoisotopic (exact) mass is 376 g/mol. The fourth-order valence-electron chi connectivity index (χ4n) is 2.93. The minimum atomic E-state index is -0.687. The molecule has 1 N–H and O–H groups in total. The fraction of sp³-hybridized carbons (Fsp3) is 0.421. The maximum absolute atomic E-state index is 12.6. The summed E-state index contributed by atoms with van der Waals surface area (Å²) in [6.07, 6.45) is 0.00568. The lowest BCUT2D eigenvalue weighted by molar-refractivity contribution is -0.140. The van der Waals surface area contributed by atoms with Crippen molar-refractivity contribution in [1.29, 1.82) is 0 Å². The standard InChI is InChI=1S/C19H24N2O6/c1-5-27-18(23)16-12(2)20-19(24)21(11-10-15(22)26-4)17(16)13-6-8-14(25-3)9-7-13/h6-9,17H,5,10-11H2,1-4H3,(H,20,24). The molecule has 1 aliphatic rings. The van der Waals surface area contributed by atoms with E-state index in [4.69, 9.17) is 9.47 Å².